The summed E-state index contributed by atoms with van der Waals surface area (Å²) in [4.78, 5) is 25.8. The van der Waals surface area contributed by atoms with Gasteiger partial charge in [-0.25, -0.2) is 14.5 Å². The van der Waals surface area contributed by atoms with Crippen molar-refractivity contribution in [2.45, 2.75) is 52.7 Å². The normalized spacial score (nSPS) is 12.0. The summed E-state index contributed by atoms with van der Waals surface area (Å²) in [6.45, 7) is 16.9. The Morgan fingerprint density at radius 2 is 0.690 bits per heavy atom. The number of hydrogen-bond acceptors (Lipinski definition) is 13. The Morgan fingerprint density at radius 1 is 0.452 bits per heavy atom. The molecule has 0 radical (unpaired) electrons. The fourth-order valence-corrected chi connectivity index (χ4v) is 2.75. The minimum atomic E-state index is -0.785. The second-order valence-corrected chi connectivity index (χ2v) is 10.7. The molecule has 0 aliphatic heterocycles. The maximum Gasteiger partial charge on any atom is 0.419 e. The molecule has 42 heavy (non-hydrogen) atoms. The van der Waals surface area contributed by atoms with E-state index in [1.165, 1.54) is 0 Å². The van der Waals surface area contributed by atoms with Crippen LogP contribution in [0.3, 0.4) is 0 Å². The number of hydrogen-bond donors (Lipinski definition) is 1. The SMILES string of the molecule is CC(C)(C)OC(=O)N(CCOCCOCCOCCOCCOCCOCCOCCOCCO)C(=O)OC(C)(C)C. The van der Waals surface area contributed by atoms with Crippen LogP contribution in [0.4, 0.5) is 9.59 Å². The van der Waals surface area contributed by atoms with Gasteiger partial charge < -0.3 is 52.5 Å². The van der Waals surface area contributed by atoms with Crippen LogP contribution in [0.1, 0.15) is 41.5 Å². The lowest BCUT2D eigenvalue weighted by Gasteiger charge is -2.28. The van der Waals surface area contributed by atoms with E-state index in [2.05, 4.69) is 0 Å². The lowest BCUT2D eigenvalue weighted by atomic mass is 10.2. The van der Waals surface area contributed by atoms with Gasteiger partial charge in [0.25, 0.3) is 0 Å². The van der Waals surface area contributed by atoms with Crippen LogP contribution in [-0.2, 0) is 47.4 Å². The van der Waals surface area contributed by atoms with Crippen molar-refractivity contribution in [2.75, 3.05) is 119 Å². The Kier molecular flexibility index (Phi) is 24.8. The van der Waals surface area contributed by atoms with Gasteiger partial charge in [0.15, 0.2) is 0 Å². The van der Waals surface area contributed by atoms with E-state index in [4.69, 9.17) is 52.5 Å². The molecule has 0 saturated carbocycles. The molecule has 0 unspecified atom stereocenters. The van der Waals surface area contributed by atoms with Crippen LogP contribution < -0.4 is 0 Å². The standard InChI is InChI=1S/C28H55NO13/c1-27(2,3)41-25(31)29(26(32)42-28(4,5)6)7-9-33-11-13-35-15-17-37-19-21-39-23-24-40-22-20-38-18-16-36-14-12-34-10-8-30/h30H,7-24H2,1-6H3. The van der Waals surface area contributed by atoms with Crippen LogP contribution in [0, 0.1) is 0 Å². The van der Waals surface area contributed by atoms with Crippen LogP contribution in [0.25, 0.3) is 0 Å². The number of carbonyl (C=O) groups is 2. The fourth-order valence-electron chi connectivity index (χ4n) is 2.75. The van der Waals surface area contributed by atoms with E-state index < -0.39 is 23.4 Å². The minimum absolute atomic E-state index is 0.00847. The summed E-state index contributed by atoms with van der Waals surface area (Å²) < 4.78 is 53.7. The zero-order valence-corrected chi connectivity index (χ0v) is 26.5. The van der Waals surface area contributed by atoms with Gasteiger partial charge in [0.2, 0.25) is 0 Å². The Balaban J connectivity index is 3.59. The molecule has 0 bridgehead atoms. The molecule has 0 fully saturated rings. The molecule has 0 heterocycles. The largest absolute Gasteiger partial charge is 0.443 e. The highest BCUT2D eigenvalue weighted by atomic mass is 16.6. The number of carbonyl (C=O) groups excluding carboxylic acids is 2. The van der Waals surface area contributed by atoms with Crippen molar-refractivity contribution in [3.8, 4) is 0 Å². The van der Waals surface area contributed by atoms with Crippen LogP contribution in [0.15, 0.2) is 0 Å². The van der Waals surface area contributed by atoms with Crippen LogP contribution in [-0.4, -0.2) is 152 Å². The van der Waals surface area contributed by atoms with Gasteiger partial charge in [-0.1, -0.05) is 0 Å². The maximum atomic E-state index is 12.4. The summed E-state index contributed by atoms with van der Waals surface area (Å²) in [7, 11) is 0. The van der Waals surface area contributed by atoms with E-state index in [9.17, 15) is 9.59 Å². The molecule has 0 saturated heterocycles. The summed E-state index contributed by atoms with van der Waals surface area (Å²) in [5.41, 5.74) is -1.50. The van der Waals surface area contributed by atoms with Crippen LogP contribution in [0.5, 0.6) is 0 Å². The molecule has 1 N–H and O–H groups in total. The third-order valence-corrected chi connectivity index (χ3v) is 4.53. The maximum absolute atomic E-state index is 12.4. The third-order valence-electron chi connectivity index (χ3n) is 4.53. The quantitative estimate of drug-likeness (QED) is 0.142. The monoisotopic (exact) mass is 613 g/mol. The average Bonchev–Trinajstić information content (AvgIpc) is 2.88. The molecule has 0 aliphatic carbocycles. The predicted molar refractivity (Wildman–Crippen MR) is 153 cm³/mol. The summed E-state index contributed by atoms with van der Waals surface area (Å²) in [5.74, 6) is 0. The van der Waals surface area contributed by atoms with Crippen LogP contribution in [0.2, 0.25) is 0 Å². The fraction of sp³-hybridized carbons (Fsp3) is 0.929. The zero-order valence-electron chi connectivity index (χ0n) is 26.5. The van der Waals surface area contributed by atoms with E-state index in [0.29, 0.717) is 99.1 Å². The first-order valence-electron chi connectivity index (χ1n) is 14.4. The molecule has 0 rings (SSSR count). The van der Waals surface area contributed by atoms with Crippen molar-refractivity contribution >= 4 is 12.2 Å². The first-order chi connectivity index (χ1) is 20.0. The topological polar surface area (TPSA) is 150 Å². The predicted octanol–water partition coefficient (Wildman–Crippen LogP) is 2.28. The van der Waals surface area contributed by atoms with Crippen molar-refractivity contribution in [1.82, 2.24) is 4.90 Å². The number of ether oxygens (including phenoxy) is 10. The van der Waals surface area contributed by atoms with Gasteiger partial charge in [0, 0.05) is 0 Å². The van der Waals surface area contributed by atoms with Gasteiger partial charge in [-0.3, -0.25) is 0 Å². The van der Waals surface area contributed by atoms with Crippen LogP contribution >= 0.6 is 0 Å². The molecule has 0 atom stereocenters. The second-order valence-electron chi connectivity index (χ2n) is 10.7. The van der Waals surface area contributed by atoms with Crippen molar-refractivity contribution in [3.05, 3.63) is 0 Å². The summed E-state index contributed by atoms with van der Waals surface area (Å²) in [5, 5.41) is 8.57. The van der Waals surface area contributed by atoms with Crippen molar-refractivity contribution < 1.29 is 62.1 Å². The minimum Gasteiger partial charge on any atom is -0.443 e. The Hall–Kier alpha value is -1.62. The van der Waals surface area contributed by atoms with Gasteiger partial charge in [0.1, 0.15) is 11.2 Å². The molecular weight excluding hydrogens is 558 g/mol. The highest BCUT2D eigenvalue weighted by Gasteiger charge is 2.30. The first-order valence-corrected chi connectivity index (χ1v) is 14.4. The summed E-state index contributed by atoms with van der Waals surface area (Å²) in [6.07, 6.45) is -1.57. The Bertz CT molecular complexity index is 625. The molecule has 0 aromatic heterocycles. The number of imide groups is 1. The molecular formula is C28H55NO13. The van der Waals surface area contributed by atoms with Gasteiger partial charge >= 0.3 is 12.2 Å². The first kappa shape index (κ1) is 40.4. The van der Waals surface area contributed by atoms with Gasteiger partial charge in [0.05, 0.1) is 119 Å². The Labute approximate surface area is 251 Å². The zero-order chi connectivity index (χ0) is 31.5. The summed E-state index contributed by atoms with van der Waals surface area (Å²) >= 11 is 0. The highest BCUT2D eigenvalue weighted by molar-refractivity contribution is 5.88. The summed E-state index contributed by atoms with van der Waals surface area (Å²) in [6, 6.07) is 0. The lowest BCUT2D eigenvalue weighted by molar-refractivity contribution is -0.0251. The molecule has 14 heteroatoms. The number of aliphatic hydroxyl groups is 1. The molecule has 0 spiro atoms. The number of amides is 2. The third kappa shape index (κ3) is 28.5. The molecule has 250 valence electrons. The average molecular weight is 614 g/mol. The molecule has 0 aromatic rings. The van der Waals surface area contributed by atoms with E-state index in [1.807, 2.05) is 0 Å². The van der Waals surface area contributed by atoms with Crippen molar-refractivity contribution in [2.24, 2.45) is 0 Å². The molecule has 2 amide bonds. The van der Waals surface area contributed by atoms with Crippen molar-refractivity contribution in [3.63, 3.8) is 0 Å². The second kappa shape index (κ2) is 25.8. The van der Waals surface area contributed by atoms with Gasteiger partial charge in [-0.2, -0.15) is 0 Å². The Morgan fingerprint density at radius 3 is 0.929 bits per heavy atom. The number of rotatable bonds is 26. The molecule has 0 aliphatic rings. The molecule has 14 nitrogen and oxygen atoms in total. The molecule has 0 aromatic carbocycles. The van der Waals surface area contributed by atoms with Gasteiger partial charge in [-0.15, -0.1) is 0 Å². The van der Waals surface area contributed by atoms with E-state index in [0.717, 1.165) is 4.90 Å². The lowest BCUT2D eigenvalue weighted by Crippen LogP contribution is -2.45. The van der Waals surface area contributed by atoms with E-state index in [1.54, 1.807) is 41.5 Å². The van der Waals surface area contributed by atoms with E-state index >= 15 is 0 Å². The van der Waals surface area contributed by atoms with Crippen molar-refractivity contribution in [1.29, 1.82) is 0 Å². The van der Waals surface area contributed by atoms with E-state index in [-0.39, 0.29) is 19.8 Å². The highest BCUT2D eigenvalue weighted by Crippen LogP contribution is 2.14. The smallest absolute Gasteiger partial charge is 0.419 e. The number of nitrogens with zero attached hydrogens (tertiary/aromatic N) is 1. The van der Waals surface area contributed by atoms with Gasteiger partial charge in [-0.05, 0) is 41.5 Å². The number of aliphatic hydroxyl groups excluding tert-OH is 1.